The molecule has 0 bridgehead atoms. The molecule has 43 heavy (non-hydrogen) atoms. The van der Waals surface area contributed by atoms with Gasteiger partial charge in [0.1, 0.15) is 11.5 Å². The zero-order valence-electron chi connectivity index (χ0n) is 28.4. The van der Waals surface area contributed by atoms with Crippen LogP contribution < -0.4 is 9.41 Å². The molecule has 0 aliphatic heterocycles. The quantitative estimate of drug-likeness (QED) is 0.399. The second kappa shape index (κ2) is 14.7. The van der Waals surface area contributed by atoms with E-state index in [0.717, 1.165) is 47.9 Å². The molecule has 4 nitrogen and oxygen atoms in total. The molecule has 7 heteroatoms. The Morgan fingerprint density at radius 2 is 0.860 bits per heavy atom. The molecule has 0 amide bonds. The summed E-state index contributed by atoms with van der Waals surface area (Å²) < 4.78 is 0. The van der Waals surface area contributed by atoms with Gasteiger partial charge >= 0.3 is 17.1 Å². The molecule has 3 rings (SSSR count). The number of rotatable bonds is 4. The molecule has 1 radical (unpaired) electrons. The predicted molar refractivity (Wildman–Crippen MR) is 172 cm³/mol. The number of hydrogen-bond donors (Lipinski definition) is 2. The van der Waals surface area contributed by atoms with Crippen molar-refractivity contribution in [2.24, 2.45) is 9.98 Å². The molecule has 1 aliphatic carbocycles. The summed E-state index contributed by atoms with van der Waals surface area (Å²) in [6.07, 6.45) is 7.90. The maximum Gasteiger partial charge on any atom is 2.00 e. The van der Waals surface area contributed by atoms with E-state index in [4.69, 9.17) is 9.98 Å². The van der Waals surface area contributed by atoms with Gasteiger partial charge in [-0.15, -0.1) is 0 Å². The summed E-state index contributed by atoms with van der Waals surface area (Å²) in [4.78, 5) is 10.1. The minimum absolute atomic E-state index is 0. The van der Waals surface area contributed by atoms with E-state index in [9.17, 15) is 10.2 Å². The first-order chi connectivity index (χ1) is 18.2. The number of phenolic OH excluding ortho intramolecular Hbond substituents is 2. The van der Waals surface area contributed by atoms with E-state index in [1.807, 2.05) is 12.4 Å². The van der Waals surface area contributed by atoms with Crippen molar-refractivity contribution < 1.29 is 36.7 Å². The number of benzene rings is 2. The van der Waals surface area contributed by atoms with Gasteiger partial charge in [0.05, 0.1) is 12.1 Å². The van der Waals surface area contributed by atoms with Gasteiger partial charge in [0.15, 0.2) is 0 Å². The largest absolute Gasteiger partial charge is 2.00 e. The Hall–Kier alpha value is -2.24. The summed E-state index contributed by atoms with van der Waals surface area (Å²) in [5, 5.41) is 22.5. The fraction of sp³-hybridized carbons (Fsp3) is 0.611. The van der Waals surface area contributed by atoms with E-state index < -0.39 is 0 Å². The normalized spacial score (nSPS) is 18.2. The first kappa shape index (κ1) is 40.8. The first-order valence-corrected chi connectivity index (χ1v) is 15.0. The summed E-state index contributed by atoms with van der Waals surface area (Å²) in [6.45, 7) is 26.0. The van der Waals surface area contributed by atoms with Crippen molar-refractivity contribution in [2.75, 3.05) is 0 Å². The van der Waals surface area contributed by atoms with Gasteiger partial charge in [-0.25, -0.2) is 0 Å². The van der Waals surface area contributed by atoms with Crippen LogP contribution in [0.5, 0.6) is 11.5 Å². The Morgan fingerprint density at radius 1 is 0.558 bits per heavy atom. The van der Waals surface area contributed by atoms with Crippen LogP contribution in [0.15, 0.2) is 34.3 Å². The molecule has 2 aromatic rings. The molecule has 1 saturated carbocycles. The molecule has 0 unspecified atom stereocenters. The molecule has 0 spiro atoms. The first-order valence-electron chi connectivity index (χ1n) is 15.0. The molecule has 2 N–H and O–H groups in total. The Bertz CT molecular complexity index is 1180. The zero-order chi connectivity index (χ0) is 30.3. The number of aliphatic imine (C=N–C) groups is 2. The van der Waals surface area contributed by atoms with Crippen molar-refractivity contribution in [2.45, 2.75) is 143 Å². The molecule has 2 aromatic carbocycles. The number of halogens is 2. The number of nitrogens with zero attached hydrogens (tertiary/aromatic N) is 2. The minimum atomic E-state index is -0.179. The third-order valence-electron chi connectivity index (χ3n) is 8.13. The Balaban J connectivity index is 0.00000588. The summed E-state index contributed by atoms with van der Waals surface area (Å²) in [6, 6.07) is 8.53. The number of aromatic hydroxyl groups is 2. The summed E-state index contributed by atoms with van der Waals surface area (Å²) in [5.41, 5.74) is 5.39. The molecular weight excluding hydrogens is 585 g/mol. The number of phenols is 2. The summed E-state index contributed by atoms with van der Waals surface area (Å²) in [7, 11) is 0. The van der Waals surface area contributed by atoms with Crippen LogP contribution in [0.1, 0.15) is 142 Å². The van der Waals surface area contributed by atoms with Crippen molar-refractivity contribution in [3.05, 3.63) is 57.6 Å². The van der Waals surface area contributed by atoms with Crippen LogP contribution in [0.25, 0.3) is 0 Å². The van der Waals surface area contributed by atoms with Crippen molar-refractivity contribution in [1.29, 1.82) is 0 Å². The van der Waals surface area contributed by atoms with Crippen LogP contribution in [-0.2, 0) is 38.7 Å². The van der Waals surface area contributed by atoms with Crippen LogP contribution in [0, 0.1) is 0 Å². The smallest absolute Gasteiger partial charge is 1.00 e. The third kappa shape index (κ3) is 10.1. The molecule has 0 aromatic heterocycles. The van der Waals surface area contributed by atoms with Crippen LogP contribution in [0.2, 0.25) is 0 Å². The average Bonchev–Trinajstić information content (AvgIpc) is 2.80. The number of hydrogen-bond acceptors (Lipinski definition) is 4. The average molecular weight is 640 g/mol. The van der Waals surface area contributed by atoms with E-state index >= 15 is 0 Å². The van der Waals surface area contributed by atoms with E-state index in [0.29, 0.717) is 11.5 Å². The standard InChI is InChI=1S/C36H54N2O2.2FH.Mn/c1-33(2,3)25-17-23(31(39)27(19-25)35(7,8)9)21-37-29-15-13-14-16-30(29)38-22-24-18-26(34(4,5)6)20-28(32(24)40)36(10,11)12;;;/h17-22,29-30,39-40H,13-16H2,1-12H3;2*1H;/q;;;+2/p-2/t29-,30-;;;/m1.../s1. The maximum absolute atomic E-state index is 11.2. The molecule has 0 heterocycles. The fourth-order valence-electron chi connectivity index (χ4n) is 5.31. The van der Waals surface area contributed by atoms with Crippen molar-refractivity contribution in [3.63, 3.8) is 0 Å². The maximum atomic E-state index is 11.2. The van der Waals surface area contributed by atoms with Crippen LogP contribution in [0.4, 0.5) is 0 Å². The molecule has 0 saturated heterocycles. The van der Waals surface area contributed by atoms with Crippen LogP contribution in [-0.4, -0.2) is 34.7 Å². The van der Waals surface area contributed by atoms with E-state index in [1.165, 1.54) is 11.1 Å². The third-order valence-corrected chi connectivity index (χ3v) is 8.13. The van der Waals surface area contributed by atoms with E-state index in [1.54, 1.807) is 0 Å². The topological polar surface area (TPSA) is 65.2 Å². The molecule has 241 valence electrons. The van der Waals surface area contributed by atoms with Gasteiger partial charge in [-0.05, 0) is 57.8 Å². The predicted octanol–water partition coefficient (Wildman–Crippen LogP) is 3.14. The van der Waals surface area contributed by atoms with Gasteiger partial charge in [-0.1, -0.05) is 108 Å². The fourth-order valence-corrected chi connectivity index (χ4v) is 5.31. The SMILES string of the molecule is CC(C)(C)c1cc(C=N[C@@H]2CCCC[C@H]2N=Cc2cc(C(C)(C)C)cc(C(C)(C)C)c2O)c(O)c(C(C)(C)C)c1.[F-].[F-].[Mn+2]. The van der Waals surface area contributed by atoms with Crippen molar-refractivity contribution in [1.82, 2.24) is 0 Å². The van der Waals surface area contributed by atoms with E-state index in [-0.39, 0.29) is 60.2 Å². The van der Waals surface area contributed by atoms with Crippen molar-refractivity contribution >= 4 is 12.4 Å². The minimum Gasteiger partial charge on any atom is -1.00 e. The Labute approximate surface area is 270 Å². The molecule has 2 atom stereocenters. The molecular formula is C36H54F2MnN2O2. The zero-order valence-corrected chi connectivity index (χ0v) is 29.6. The van der Waals surface area contributed by atoms with Gasteiger partial charge in [-0.3, -0.25) is 9.98 Å². The van der Waals surface area contributed by atoms with Gasteiger partial charge in [-0.2, -0.15) is 0 Å². The summed E-state index contributed by atoms with van der Waals surface area (Å²) >= 11 is 0. The van der Waals surface area contributed by atoms with Gasteiger partial charge in [0.2, 0.25) is 0 Å². The Kier molecular flexibility index (Phi) is 13.9. The van der Waals surface area contributed by atoms with Crippen molar-refractivity contribution in [3.8, 4) is 11.5 Å². The second-order valence-electron chi connectivity index (χ2n) is 15.9. The monoisotopic (exact) mass is 639 g/mol. The van der Waals surface area contributed by atoms with Gasteiger partial charge in [0.25, 0.3) is 0 Å². The van der Waals surface area contributed by atoms with Gasteiger partial charge in [0, 0.05) is 34.7 Å². The van der Waals surface area contributed by atoms with Crippen LogP contribution in [0.3, 0.4) is 0 Å². The summed E-state index contributed by atoms with van der Waals surface area (Å²) in [5.74, 6) is 0.637. The molecule has 1 aliphatic rings. The van der Waals surface area contributed by atoms with Gasteiger partial charge < -0.3 is 19.6 Å². The second-order valence-corrected chi connectivity index (χ2v) is 15.9. The van der Waals surface area contributed by atoms with E-state index in [2.05, 4.69) is 107 Å². The Morgan fingerprint density at radius 3 is 1.12 bits per heavy atom. The molecule has 1 fully saturated rings. The van der Waals surface area contributed by atoms with Crippen LogP contribution >= 0.6 is 0 Å².